The molecular weight excluding hydrogens is 268 g/mol. The standard InChI is InChI=1S/C16H20N2O3/c1-16(2,3)21-15(20)18-14-7-5-11(9-13(14)17)10-4-6-12(19)8-10/h5,7-9H,4,6,17H2,1-3H3,(H,18,20). The van der Waals surface area contributed by atoms with Crippen molar-refractivity contribution < 1.29 is 14.3 Å². The van der Waals surface area contributed by atoms with Gasteiger partial charge in [-0.3, -0.25) is 10.1 Å². The molecule has 112 valence electrons. The van der Waals surface area contributed by atoms with Crippen LogP contribution in [0.5, 0.6) is 0 Å². The number of carbonyl (C=O) groups is 2. The Bertz CT molecular complexity index is 612. The fourth-order valence-corrected chi connectivity index (χ4v) is 2.11. The van der Waals surface area contributed by atoms with E-state index >= 15 is 0 Å². The van der Waals surface area contributed by atoms with E-state index < -0.39 is 11.7 Å². The highest BCUT2D eigenvalue weighted by molar-refractivity contribution is 6.02. The zero-order valence-corrected chi connectivity index (χ0v) is 12.5. The van der Waals surface area contributed by atoms with E-state index in [2.05, 4.69) is 5.32 Å². The van der Waals surface area contributed by atoms with Crippen molar-refractivity contribution in [3.63, 3.8) is 0 Å². The Labute approximate surface area is 124 Å². The zero-order valence-electron chi connectivity index (χ0n) is 12.5. The number of carbonyl (C=O) groups excluding carboxylic acids is 2. The van der Waals surface area contributed by atoms with Crippen LogP contribution in [0.3, 0.4) is 0 Å². The first kappa shape index (κ1) is 15.1. The fourth-order valence-electron chi connectivity index (χ4n) is 2.11. The van der Waals surface area contributed by atoms with Gasteiger partial charge in [0.25, 0.3) is 0 Å². The van der Waals surface area contributed by atoms with Crippen molar-refractivity contribution in [2.75, 3.05) is 11.1 Å². The Morgan fingerprint density at radius 3 is 2.52 bits per heavy atom. The van der Waals surface area contributed by atoms with Gasteiger partial charge in [-0.1, -0.05) is 6.07 Å². The van der Waals surface area contributed by atoms with Crippen LogP contribution in [-0.4, -0.2) is 17.5 Å². The lowest BCUT2D eigenvalue weighted by Crippen LogP contribution is -2.27. The highest BCUT2D eigenvalue weighted by atomic mass is 16.6. The molecule has 1 aliphatic rings. The van der Waals surface area contributed by atoms with Crippen molar-refractivity contribution in [2.24, 2.45) is 0 Å². The number of rotatable bonds is 2. The van der Waals surface area contributed by atoms with E-state index in [1.165, 1.54) is 0 Å². The molecule has 0 heterocycles. The van der Waals surface area contributed by atoms with Crippen molar-refractivity contribution in [3.05, 3.63) is 29.8 Å². The van der Waals surface area contributed by atoms with Gasteiger partial charge in [-0.05, 0) is 56.5 Å². The SMILES string of the molecule is CC(C)(C)OC(=O)Nc1ccc(C2=CC(=O)CC2)cc1N. The molecule has 0 aliphatic heterocycles. The maximum absolute atomic E-state index is 11.7. The first-order valence-corrected chi connectivity index (χ1v) is 6.88. The molecule has 0 radical (unpaired) electrons. The average molecular weight is 288 g/mol. The summed E-state index contributed by atoms with van der Waals surface area (Å²) in [6.07, 6.45) is 2.39. The summed E-state index contributed by atoms with van der Waals surface area (Å²) in [4.78, 5) is 23.0. The summed E-state index contributed by atoms with van der Waals surface area (Å²) in [5.41, 5.74) is 8.23. The van der Waals surface area contributed by atoms with Crippen LogP contribution < -0.4 is 11.1 Å². The Hall–Kier alpha value is -2.30. The molecule has 5 nitrogen and oxygen atoms in total. The molecule has 1 aliphatic carbocycles. The lowest BCUT2D eigenvalue weighted by Gasteiger charge is -2.20. The monoisotopic (exact) mass is 288 g/mol. The number of hydrogen-bond acceptors (Lipinski definition) is 4. The second kappa shape index (κ2) is 5.60. The first-order chi connectivity index (χ1) is 9.74. The minimum absolute atomic E-state index is 0.138. The molecular formula is C16H20N2O3. The number of nitrogens with two attached hydrogens (primary N) is 1. The molecule has 0 spiro atoms. The minimum Gasteiger partial charge on any atom is -0.444 e. The zero-order chi connectivity index (χ0) is 15.6. The maximum Gasteiger partial charge on any atom is 0.412 e. The van der Waals surface area contributed by atoms with E-state index in [0.717, 1.165) is 17.6 Å². The highest BCUT2D eigenvalue weighted by Crippen LogP contribution is 2.30. The molecule has 2 rings (SSSR count). The van der Waals surface area contributed by atoms with Gasteiger partial charge < -0.3 is 10.5 Å². The van der Waals surface area contributed by atoms with Crippen molar-refractivity contribution in [2.45, 2.75) is 39.2 Å². The van der Waals surface area contributed by atoms with Crippen LogP contribution in [0.1, 0.15) is 39.2 Å². The van der Waals surface area contributed by atoms with E-state index in [0.29, 0.717) is 17.8 Å². The van der Waals surface area contributed by atoms with Crippen LogP contribution in [0.25, 0.3) is 5.57 Å². The van der Waals surface area contributed by atoms with Gasteiger partial charge in [-0.15, -0.1) is 0 Å². The number of hydrogen-bond donors (Lipinski definition) is 2. The summed E-state index contributed by atoms with van der Waals surface area (Å²) in [5.74, 6) is 0.138. The predicted molar refractivity (Wildman–Crippen MR) is 82.9 cm³/mol. The summed E-state index contributed by atoms with van der Waals surface area (Å²) in [6.45, 7) is 5.38. The topological polar surface area (TPSA) is 81.4 Å². The predicted octanol–water partition coefficient (Wildman–Crippen LogP) is 3.36. The molecule has 5 heteroatoms. The van der Waals surface area contributed by atoms with Crippen molar-refractivity contribution in [1.82, 2.24) is 0 Å². The molecule has 0 fully saturated rings. The second-order valence-corrected chi connectivity index (χ2v) is 6.06. The lowest BCUT2D eigenvalue weighted by atomic mass is 10.0. The van der Waals surface area contributed by atoms with Gasteiger partial charge in [-0.25, -0.2) is 4.79 Å². The number of nitrogen functional groups attached to an aromatic ring is 1. The van der Waals surface area contributed by atoms with Crippen LogP contribution in [-0.2, 0) is 9.53 Å². The van der Waals surface area contributed by atoms with Gasteiger partial charge >= 0.3 is 6.09 Å². The molecule has 1 amide bonds. The summed E-state index contributed by atoms with van der Waals surface area (Å²) < 4.78 is 5.18. The van der Waals surface area contributed by atoms with Gasteiger partial charge in [0.15, 0.2) is 5.78 Å². The number of anilines is 2. The third kappa shape index (κ3) is 4.08. The fraction of sp³-hybridized carbons (Fsp3) is 0.375. The molecule has 0 bridgehead atoms. The van der Waals surface area contributed by atoms with E-state index in [1.54, 1.807) is 39.0 Å². The van der Waals surface area contributed by atoms with E-state index in [1.807, 2.05) is 6.07 Å². The van der Waals surface area contributed by atoms with Gasteiger partial charge in [0.1, 0.15) is 5.60 Å². The van der Waals surface area contributed by atoms with E-state index in [9.17, 15) is 9.59 Å². The first-order valence-electron chi connectivity index (χ1n) is 6.88. The van der Waals surface area contributed by atoms with Gasteiger partial charge in [0.2, 0.25) is 0 Å². The number of benzene rings is 1. The number of amides is 1. The number of nitrogens with one attached hydrogen (secondary N) is 1. The van der Waals surface area contributed by atoms with Crippen molar-refractivity contribution >= 4 is 28.8 Å². The van der Waals surface area contributed by atoms with Gasteiger partial charge in [0, 0.05) is 6.42 Å². The lowest BCUT2D eigenvalue weighted by molar-refractivity contribution is -0.114. The van der Waals surface area contributed by atoms with Gasteiger partial charge in [0.05, 0.1) is 11.4 Å². The smallest absolute Gasteiger partial charge is 0.412 e. The molecule has 0 saturated carbocycles. The molecule has 0 unspecified atom stereocenters. The third-order valence-electron chi connectivity index (χ3n) is 3.03. The summed E-state index contributed by atoms with van der Waals surface area (Å²) >= 11 is 0. The highest BCUT2D eigenvalue weighted by Gasteiger charge is 2.18. The molecule has 21 heavy (non-hydrogen) atoms. The number of allylic oxidation sites excluding steroid dienone is 2. The Morgan fingerprint density at radius 1 is 1.29 bits per heavy atom. The number of ether oxygens (including phenoxy) is 1. The van der Waals surface area contributed by atoms with Crippen molar-refractivity contribution in [3.8, 4) is 0 Å². The quantitative estimate of drug-likeness (QED) is 0.817. The average Bonchev–Trinajstić information content (AvgIpc) is 2.76. The van der Waals surface area contributed by atoms with E-state index in [-0.39, 0.29) is 5.78 Å². The van der Waals surface area contributed by atoms with Crippen LogP contribution in [0.4, 0.5) is 16.2 Å². The summed E-state index contributed by atoms with van der Waals surface area (Å²) in [6, 6.07) is 5.32. The Kier molecular flexibility index (Phi) is 4.02. The normalized spacial score (nSPS) is 14.8. The molecule has 1 aromatic carbocycles. The molecule has 0 atom stereocenters. The second-order valence-electron chi connectivity index (χ2n) is 6.06. The molecule has 0 saturated heterocycles. The maximum atomic E-state index is 11.7. The molecule has 1 aromatic rings. The Balaban J connectivity index is 2.11. The minimum atomic E-state index is -0.562. The van der Waals surface area contributed by atoms with Gasteiger partial charge in [-0.2, -0.15) is 0 Å². The molecule has 3 N–H and O–H groups in total. The summed E-state index contributed by atoms with van der Waals surface area (Å²) in [7, 11) is 0. The van der Waals surface area contributed by atoms with E-state index in [4.69, 9.17) is 10.5 Å². The van der Waals surface area contributed by atoms with Crippen LogP contribution in [0.2, 0.25) is 0 Å². The van der Waals surface area contributed by atoms with Crippen LogP contribution >= 0.6 is 0 Å². The van der Waals surface area contributed by atoms with Crippen LogP contribution in [0.15, 0.2) is 24.3 Å². The third-order valence-corrected chi connectivity index (χ3v) is 3.03. The Morgan fingerprint density at radius 2 is 2.00 bits per heavy atom. The molecule has 0 aromatic heterocycles. The van der Waals surface area contributed by atoms with Crippen molar-refractivity contribution in [1.29, 1.82) is 0 Å². The summed E-state index contributed by atoms with van der Waals surface area (Å²) in [5, 5.41) is 2.62. The van der Waals surface area contributed by atoms with Crippen LogP contribution in [0, 0.1) is 0 Å². The largest absolute Gasteiger partial charge is 0.444 e. The number of ketones is 1.